The zero-order chi connectivity index (χ0) is 16.1. The van der Waals surface area contributed by atoms with Crippen LogP contribution in [0.4, 0.5) is 14.5 Å². The van der Waals surface area contributed by atoms with E-state index >= 15 is 0 Å². The predicted molar refractivity (Wildman–Crippen MR) is 75.5 cm³/mol. The van der Waals surface area contributed by atoms with Gasteiger partial charge in [-0.1, -0.05) is 0 Å². The standard InChI is InChI=1S/C14H11F2NO4S/c15-11-1-6-14(16)10(9-11)7-8-21-22(20)13-4-2-12(3-5-13)17(18)19/h1-6,9H,7-8H2. The zero-order valence-corrected chi connectivity index (χ0v) is 12.0. The summed E-state index contributed by atoms with van der Waals surface area (Å²) in [5.41, 5.74) is 0.00304. The molecule has 0 bridgehead atoms. The fourth-order valence-electron chi connectivity index (χ4n) is 1.71. The van der Waals surface area contributed by atoms with Gasteiger partial charge in [-0.25, -0.2) is 13.0 Å². The molecule has 2 aromatic carbocycles. The molecule has 0 heterocycles. The number of non-ortho nitro benzene ring substituents is 1. The van der Waals surface area contributed by atoms with Crippen LogP contribution >= 0.6 is 0 Å². The zero-order valence-electron chi connectivity index (χ0n) is 11.2. The molecule has 1 unspecified atom stereocenters. The molecule has 0 spiro atoms. The van der Waals surface area contributed by atoms with E-state index in [0.29, 0.717) is 0 Å². The first kappa shape index (κ1) is 16.2. The summed E-state index contributed by atoms with van der Waals surface area (Å²) in [6.45, 7) is -0.0794. The molecule has 0 aliphatic carbocycles. The fourth-order valence-corrected chi connectivity index (χ4v) is 2.44. The molecule has 0 fully saturated rings. The van der Waals surface area contributed by atoms with E-state index in [9.17, 15) is 23.1 Å². The first-order valence-corrected chi connectivity index (χ1v) is 7.28. The predicted octanol–water partition coefficient (Wildman–Crippen LogP) is 3.15. The molecule has 2 rings (SSSR count). The number of hydrogen-bond acceptors (Lipinski definition) is 4. The SMILES string of the molecule is O=[N+]([O-])c1ccc(S(=O)OCCc2cc(F)ccc2F)cc1. The average molecular weight is 327 g/mol. The van der Waals surface area contributed by atoms with Crippen LogP contribution in [0.25, 0.3) is 0 Å². The lowest BCUT2D eigenvalue weighted by molar-refractivity contribution is -0.384. The van der Waals surface area contributed by atoms with Crippen molar-refractivity contribution in [2.24, 2.45) is 0 Å². The Morgan fingerprint density at radius 3 is 2.45 bits per heavy atom. The first-order chi connectivity index (χ1) is 10.5. The van der Waals surface area contributed by atoms with Crippen LogP contribution in [0.3, 0.4) is 0 Å². The van der Waals surface area contributed by atoms with Crippen molar-refractivity contribution in [3.63, 3.8) is 0 Å². The van der Waals surface area contributed by atoms with E-state index in [4.69, 9.17) is 4.18 Å². The highest BCUT2D eigenvalue weighted by molar-refractivity contribution is 7.80. The summed E-state index contributed by atoms with van der Waals surface area (Å²) >= 11 is -1.83. The maximum Gasteiger partial charge on any atom is 0.269 e. The van der Waals surface area contributed by atoms with E-state index in [1.807, 2.05) is 0 Å². The Kier molecular flexibility index (Phi) is 5.29. The minimum absolute atomic E-state index is 0.0579. The van der Waals surface area contributed by atoms with Crippen LogP contribution in [-0.4, -0.2) is 15.7 Å². The molecule has 0 N–H and O–H groups in total. The van der Waals surface area contributed by atoms with E-state index in [1.54, 1.807) is 0 Å². The monoisotopic (exact) mass is 327 g/mol. The van der Waals surface area contributed by atoms with E-state index in [-0.39, 0.29) is 29.2 Å². The minimum atomic E-state index is -1.83. The number of nitrogens with zero attached hydrogens (tertiary/aromatic N) is 1. The molecule has 22 heavy (non-hydrogen) atoms. The summed E-state index contributed by atoms with van der Waals surface area (Å²) in [6, 6.07) is 8.12. The highest BCUT2D eigenvalue weighted by Crippen LogP contribution is 2.16. The van der Waals surface area contributed by atoms with E-state index < -0.39 is 27.6 Å². The van der Waals surface area contributed by atoms with Gasteiger partial charge in [0.15, 0.2) is 11.1 Å². The summed E-state index contributed by atoms with van der Waals surface area (Å²) in [6.07, 6.45) is 0.0579. The van der Waals surface area contributed by atoms with Crippen molar-refractivity contribution >= 4 is 16.8 Å². The summed E-state index contributed by atoms with van der Waals surface area (Å²) in [5, 5.41) is 10.5. The molecule has 0 aromatic heterocycles. The van der Waals surface area contributed by atoms with Crippen LogP contribution < -0.4 is 0 Å². The first-order valence-electron chi connectivity index (χ1n) is 6.21. The van der Waals surface area contributed by atoms with Crippen molar-refractivity contribution in [1.82, 2.24) is 0 Å². The van der Waals surface area contributed by atoms with Gasteiger partial charge in [0.1, 0.15) is 11.6 Å². The third kappa shape index (κ3) is 4.15. The van der Waals surface area contributed by atoms with E-state index in [1.165, 1.54) is 24.3 Å². The second-order valence-electron chi connectivity index (χ2n) is 4.29. The Labute approximate surface area is 127 Å². The second-order valence-corrected chi connectivity index (χ2v) is 5.47. The fraction of sp³-hybridized carbons (Fsp3) is 0.143. The van der Waals surface area contributed by atoms with Crippen molar-refractivity contribution in [2.45, 2.75) is 11.3 Å². The Hall–Kier alpha value is -2.19. The molecule has 5 nitrogen and oxygen atoms in total. The van der Waals surface area contributed by atoms with Crippen LogP contribution in [0.15, 0.2) is 47.4 Å². The summed E-state index contributed by atoms with van der Waals surface area (Å²) in [5.74, 6) is -1.13. The maximum absolute atomic E-state index is 13.4. The summed E-state index contributed by atoms with van der Waals surface area (Å²) in [4.78, 5) is 10.2. The number of halogens is 2. The van der Waals surface area contributed by atoms with Gasteiger partial charge in [-0.15, -0.1) is 0 Å². The number of rotatable bonds is 6. The van der Waals surface area contributed by atoms with Crippen molar-refractivity contribution < 1.29 is 22.1 Å². The number of nitro benzene ring substituents is 1. The highest BCUT2D eigenvalue weighted by Gasteiger charge is 2.10. The largest absolute Gasteiger partial charge is 0.286 e. The Morgan fingerprint density at radius 2 is 1.82 bits per heavy atom. The maximum atomic E-state index is 13.4. The lowest BCUT2D eigenvalue weighted by atomic mass is 10.1. The quantitative estimate of drug-likeness (QED) is 0.604. The van der Waals surface area contributed by atoms with Crippen LogP contribution in [0.5, 0.6) is 0 Å². The van der Waals surface area contributed by atoms with Gasteiger partial charge in [-0.05, 0) is 35.9 Å². The Bertz CT molecular complexity index is 706. The Morgan fingerprint density at radius 1 is 1.14 bits per heavy atom. The molecule has 1 atom stereocenters. The third-order valence-corrected chi connectivity index (χ3v) is 3.85. The van der Waals surface area contributed by atoms with Gasteiger partial charge in [0.2, 0.25) is 0 Å². The molecular formula is C14H11F2NO4S. The second kappa shape index (κ2) is 7.19. The summed E-state index contributed by atoms with van der Waals surface area (Å²) < 4.78 is 43.2. The molecule has 0 aliphatic rings. The normalized spacial score (nSPS) is 12.1. The molecule has 0 radical (unpaired) electrons. The molecule has 2 aromatic rings. The number of benzene rings is 2. The third-order valence-electron chi connectivity index (χ3n) is 2.81. The topological polar surface area (TPSA) is 69.4 Å². The van der Waals surface area contributed by atoms with Crippen molar-refractivity contribution in [1.29, 1.82) is 0 Å². The van der Waals surface area contributed by atoms with Gasteiger partial charge in [0.05, 0.1) is 16.4 Å². The lowest BCUT2D eigenvalue weighted by Gasteiger charge is -2.05. The summed E-state index contributed by atoms with van der Waals surface area (Å²) in [7, 11) is 0. The van der Waals surface area contributed by atoms with E-state index in [2.05, 4.69) is 0 Å². The molecule has 0 saturated heterocycles. The van der Waals surface area contributed by atoms with Crippen LogP contribution in [0, 0.1) is 21.7 Å². The van der Waals surface area contributed by atoms with Crippen LogP contribution in [0.1, 0.15) is 5.56 Å². The van der Waals surface area contributed by atoms with Gasteiger partial charge in [0, 0.05) is 18.6 Å². The average Bonchev–Trinajstić information content (AvgIpc) is 2.50. The van der Waals surface area contributed by atoms with Crippen molar-refractivity contribution in [2.75, 3.05) is 6.61 Å². The van der Waals surface area contributed by atoms with Gasteiger partial charge in [-0.3, -0.25) is 14.3 Å². The van der Waals surface area contributed by atoms with Gasteiger partial charge in [-0.2, -0.15) is 0 Å². The van der Waals surface area contributed by atoms with Gasteiger partial charge >= 0.3 is 0 Å². The molecule has 116 valence electrons. The minimum Gasteiger partial charge on any atom is -0.286 e. The van der Waals surface area contributed by atoms with Crippen molar-refractivity contribution in [3.05, 3.63) is 69.8 Å². The van der Waals surface area contributed by atoms with Crippen molar-refractivity contribution in [3.8, 4) is 0 Å². The van der Waals surface area contributed by atoms with Gasteiger partial charge in [0.25, 0.3) is 5.69 Å². The molecule has 0 amide bonds. The van der Waals surface area contributed by atoms with E-state index in [0.717, 1.165) is 18.2 Å². The van der Waals surface area contributed by atoms with Crippen LogP contribution in [-0.2, 0) is 21.7 Å². The molecule has 8 heteroatoms. The smallest absolute Gasteiger partial charge is 0.269 e. The lowest BCUT2D eigenvalue weighted by Crippen LogP contribution is -2.04. The highest BCUT2D eigenvalue weighted by atomic mass is 32.2. The molecule has 0 saturated carbocycles. The molecule has 0 aliphatic heterocycles. The van der Waals surface area contributed by atoms with Crippen LogP contribution in [0.2, 0.25) is 0 Å². The number of nitro groups is 1. The Balaban J connectivity index is 1.92. The molecular weight excluding hydrogens is 316 g/mol. The van der Waals surface area contributed by atoms with Gasteiger partial charge < -0.3 is 0 Å². The number of hydrogen-bond donors (Lipinski definition) is 0.